The van der Waals surface area contributed by atoms with E-state index in [4.69, 9.17) is 52.5 Å². The average Bonchev–Trinajstić information content (AvgIpc) is 3.15. The van der Waals surface area contributed by atoms with Crippen LogP contribution in [0.2, 0.25) is 0 Å². The maximum Gasteiger partial charge on any atom is 0.328 e. The summed E-state index contributed by atoms with van der Waals surface area (Å²) in [6.07, 6.45) is 2.20. The third kappa shape index (κ3) is 24.6. The lowest BCUT2D eigenvalue weighted by Gasteiger charge is -2.09. The summed E-state index contributed by atoms with van der Waals surface area (Å²) in [5, 5.41) is 33.5. The van der Waals surface area contributed by atoms with E-state index in [2.05, 4.69) is 5.32 Å². The summed E-state index contributed by atoms with van der Waals surface area (Å²) in [6.45, 7) is 7.43. The minimum absolute atomic E-state index is 0.175. The number of nitrogens with one attached hydrogen (secondary N) is 1. The third-order valence-electron chi connectivity index (χ3n) is 6.74. The number of carboxylic acid groups (broad SMARTS) is 1. The molecule has 2 N–H and O–H groups in total. The molecule has 19 nitrogen and oxygen atoms in total. The van der Waals surface area contributed by atoms with E-state index in [1.54, 1.807) is 0 Å². The molecule has 2 rings (SSSR count). The predicted octanol–water partition coefficient (Wildman–Crippen LogP) is 3.38. The van der Waals surface area contributed by atoms with E-state index in [1.165, 1.54) is 36.4 Å². The molecule has 0 spiro atoms. The Kier molecular flexibility index (Phi) is 26.3. The summed E-state index contributed by atoms with van der Waals surface area (Å²) in [7, 11) is 0. The molecule has 0 aromatic heterocycles. The van der Waals surface area contributed by atoms with Crippen molar-refractivity contribution in [2.75, 3.05) is 137 Å². The zero-order valence-corrected chi connectivity index (χ0v) is 30.6. The molecule has 0 heterocycles. The first kappa shape index (κ1) is 46.8. The van der Waals surface area contributed by atoms with Crippen molar-refractivity contribution in [3.8, 4) is 5.75 Å². The molecule has 0 saturated heterocycles. The first-order chi connectivity index (χ1) is 26.8. The number of carboxylic acids is 1. The van der Waals surface area contributed by atoms with Gasteiger partial charge in [0.05, 0.1) is 135 Å². The van der Waals surface area contributed by atoms with Crippen LogP contribution in [0, 0.1) is 26.0 Å². The number of hydrogen-bond acceptors (Lipinski definition) is 16. The number of benzene rings is 2. The second-order valence-corrected chi connectivity index (χ2v) is 10.9. The molecular weight excluding hydrogens is 737 g/mol. The van der Waals surface area contributed by atoms with Crippen LogP contribution in [0.15, 0.2) is 42.5 Å². The Balaban J connectivity index is 1.24. The highest BCUT2D eigenvalue weighted by Crippen LogP contribution is 2.28. The number of nitro benzene ring substituents is 2. The number of ether oxygens (including phenoxy) is 10. The fourth-order valence-corrected chi connectivity index (χ4v) is 4.20. The van der Waals surface area contributed by atoms with Crippen molar-refractivity contribution in [2.45, 2.75) is 0 Å². The normalized spacial score (nSPS) is 11.3. The molecule has 0 bridgehead atoms. The Hall–Kier alpha value is -4.38. The van der Waals surface area contributed by atoms with Crippen molar-refractivity contribution < 1.29 is 71.5 Å². The van der Waals surface area contributed by atoms with Crippen LogP contribution in [0.5, 0.6) is 5.75 Å². The van der Waals surface area contributed by atoms with Crippen molar-refractivity contribution in [3.05, 3.63) is 74.1 Å². The molecule has 55 heavy (non-hydrogen) atoms. The minimum Gasteiger partial charge on any atom is -0.491 e. The van der Waals surface area contributed by atoms with E-state index in [0.29, 0.717) is 111 Å². The molecule has 308 valence electrons. The molecule has 0 amide bonds. The van der Waals surface area contributed by atoms with Crippen LogP contribution >= 0.6 is 0 Å². The molecule has 0 aliphatic heterocycles. The number of hydrogen-bond donors (Lipinski definition) is 2. The molecule has 2 aromatic rings. The Morgan fingerprint density at radius 1 is 0.618 bits per heavy atom. The van der Waals surface area contributed by atoms with Crippen LogP contribution in [-0.4, -0.2) is 153 Å². The standard InChI is InChI=1S/C35H50FN3O16/c36-30-25-29(1-4-35(40)41)26-32(27-30)55-24-23-54-22-21-53-20-19-52-18-17-51-16-15-50-14-13-49-12-11-48-10-9-47-8-7-46-6-5-37-33-3-2-31(38(42)43)28-34(33)39(44)45/h1-4,25-28,37H,5-24H2,(H,40,41)/b4-1+. The number of nitro groups is 2. The van der Waals surface area contributed by atoms with Crippen molar-refractivity contribution in [1.82, 2.24) is 0 Å². The average molecular weight is 788 g/mol. The monoisotopic (exact) mass is 787 g/mol. The van der Waals surface area contributed by atoms with E-state index in [-0.39, 0.29) is 49.2 Å². The molecular formula is C35H50FN3O16. The molecule has 0 aliphatic carbocycles. The van der Waals surface area contributed by atoms with E-state index >= 15 is 0 Å². The molecule has 0 radical (unpaired) electrons. The maximum atomic E-state index is 13.7. The summed E-state index contributed by atoms with van der Waals surface area (Å²) in [5.74, 6) is -1.38. The molecule has 0 unspecified atom stereocenters. The quantitative estimate of drug-likeness (QED) is 0.0437. The van der Waals surface area contributed by atoms with E-state index in [0.717, 1.165) is 12.1 Å². The number of carbonyl (C=O) groups is 1. The van der Waals surface area contributed by atoms with Gasteiger partial charge >= 0.3 is 5.97 Å². The van der Waals surface area contributed by atoms with Gasteiger partial charge < -0.3 is 57.8 Å². The van der Waals surface area contributed by atoms with Gasteiger partial charge in [0.25, 0.3) is 11.4 Å². The maximum absolute atomic E-state index is 13.7. The first-order valence-electron chi connectivity index (χ1n) is 17.5. The van der Waals surface area contributed by atoms with Gasteiger partial charge in [-0.05, 0) is 29.8 Å². The second-order valence-electron chi connectivity index (χ2n) is 10.9. The largest absolute Gasteiger partial charge is 0.491 e. The van der Waals surface area contributed by atoms with Crippen molar-refractivity contribution in [2.24, 2.45) is 0 Å². The Morgan fingerprint density at radius 2 is 1.05 bits per heavy atom. The molecule has 0 saturated carbocycles. The SMILES string of the molecule is O=C(O)/C=C/c1cc(F)cc(OCCOCCOCCOCCOCCOCCOCCOCCOCCOCCNc2ccc([N+](=O)[O-])cc2[N+](=O)[O-])c1. The van der Waals surface area contributed by atoms with Gasteiger partial charge in [-0.2, -0.15) is 0 Å². The Bertz CT molecular complexity index is 1400. The van der Waals surface area contributed by atoms with Crippen LogP contribution in [0.4, 0.5) is 21.5 Å². The highest BCUT2D eigenvalue weighted by molar-refractivity contribution is 5.85. The lowest BCUT2D eigenvalue weighted by atomic mass is 10.2. The zero-order valence-electron chi connectivity index (χ0n) is 30.6. The van der Waals surface area contributed by atoms with Crippen LogP contribution < -0.4 is 10.1 Å². The fourth-order valence-electron chi connectivity index (χ4n) is 4.20. The van der Waals surface area contributed by atoms with E-state index < -0.39 is 21.6 Å². The van der Waals surface area contributed by atoms with Crippen molar-refractivity contribution in [1.29, 1.82) is 0 Å². The zero-order chi connectivity index (χ0) is 39.8. The van der Waals surface area contributed by atoms with Gasteiger partial charge in [-0.25, -0.2) is 9.18 Å². The number of non-ortho nitro benzene ring substituents is 1. The van der Waals surface area contributed by atoms with Gasteiger partial charge in [0, 0.05) is 24.8 Å². The minimum atomic E-state index is -1.13. The van der Waals surface area contributed by atoms with Gasteiger partial charge in [0.2, 0.25) is 0 Å². The summed E-state index contributed by atoms with van der Waals surface area (Å²) < 4.78 is 68.0. The molecule has 2 aromatic carbocycles. The molecule has 0 aliphatic rings. The predicted molar refractivity (Wildman–Crippen MR) is 194 cm³/mol. The van der Waals surface area contributed by atoms with Gasteiger partial charge in [0.1, 0.15) is 23.9 Å². The smallest absolute Gasteiger partial charge is 0.328 e. The lowest BCUT2D eigenvalue weighted by molar-refractivity contribution is -0.393. The van der Waals surface area contributed by atoms with Gasteiger partial charge in [-0.1, -0.05) is 0 Å². The lowest BCUT2D eigenvalue weighted by Crippen LogP contribution is -2.16. The van der Waals surface area contributed by atoms with E-state index in [9.17, 15) is 29.4 Å². The second kappa shape index (κ2) is 30.9. The summed E-state index contributed by atoms with van der Waals surface area (Å²) in [4.78, 5) is 31.2. The Labute approximate surface area is 317 Å². The molecule has 0 atom stereocenters. The summed E-state index contributed by atoms with van der Waals surface area (Å²) >= 11 is 0. The highest BCUT2D eigenvalue weighted by Gasteiger charge is 2.19. The summed E-state index contributed by atoms with van der Waals surface area (Å²) in [6, 6.07) is 7.35. The van der Waals surface area contributed by atoms with Crippen molar-refractivity contribution >= 4 is 29.1 Å². The topological polar surface area (TPSA) is 228 Å². The Morgan fingerprint density at radius 3 is 1.47 bits per heavy atom. The first-order valence-corrected chi connectivity index (χ1v) is 17.5. The number of anilines is 1. The number of aliphatic carboxylic acids is 1. The molecule has 0 fully saturated rings. The van der Waals surface area contributed by atoms with Crippen LogP contribution in [0.1, 0.15) is 5.56 Å². The molecule has 20 heteroatoms. The van der Waals surface area contributed by atoms with Gasteiger partial charge in [-0.3, -0.25) is 20.2 Å². The van der Waals surface area contributed by atoms with Crippen LogP contribution in [-0.2, 0) is 47.4 Å². The van der Waals surface area contributed by atoms with Gasteiger partial charge in [0.15, 0.2) is 0 Å². The number of nitrogens with zero attached hydrogens (tertiary/aromatic N) is 2. The van der Waals surface area contributed by atoms with Crippen molar-refractivity contribution in [3.63, 3.8) is 0 Å². The number of halogens is 1. The van der Waals surface area contributed by atoms with Crippen LogP contribution in [0.3, 0.4) is 0 Å². The summed E-state index contributed by atoms with van der Waals surface area (Å²) in [5.41, 5.74) is -0.177. The highest BCUT2D eigenvalue weighted by atomic mass is 19.1. The van der Waals surface area contributed by atoms with Crippen LogP contribution in [0.25, 0.3) is 6.08 Å². The number of rotatable bonds is 36. The van der Waals surface area contributed by atoms with E-state index in [1.807, 2.05) is 0 Å². The van der Waals surface area contributed by atoms with Gasteiger partial charge in [-0.15, -0.1) is 0 Å². The fraction of sp³-hybridized carbons (Fsp3) is 0.571. The third-order valence-corrected chi connectivity index (χ3v) is 6.74.